The number of furan rings is 1. The number of benzene rings is 2. The lowest BCUT2D eigenvalue weighted by atomic mass is 10.1. The van der Waals surface area contributed by atoms with Crippen LogP contribution in [-0.2, 0) is 6.54 Å². The highest BCUT2D eigenvalue weighted by Crippen LogP contribution is 2.29. The van der Waals surface area contributed by atoms with Gasteiger partial charge in [-0.25, -0.2) is 4.79 Å². The van der Waals surface area contributed by atoms with Crippen LogP contribution in [-0.4, -0.2) is 43.6 Å². The summed E-state index contributed by atoms with van der Waals surface area (Å²) < 4.78 is 10.9. The van der Waals surface area contributed by atoms with Gasteiger partial charge in [0.2, 0.25) is 0 Å². The number of hydrogen-bond donors (Lipinski definition) is 2. The van der Waals surface area contributed by atoms with Crippen molar-refractivity contribution >= 4 is 29.0 Å². The molecule has 0 radical (unpaired) electrons. The van der Waals surface area contributed by atoms with Crippen LogP contribution in [0.2, 0.25) is 0 Å². The van der Waals surface area contributed by atoms with Gasteiger partial charge in [0.1, 0.15) is 11.5 Å². The molecule has 196 valence electrons. The molecule has 0 saturated carbocycles. The van der Waals surface area contributed by atoms with Gasteiger partial charge < -0.3 is 29.6 Å². The summed E-state index contributed by atoms with van der Waals surface area (Å²) in [5.74, 6) is 1.49. The van der Waals surface area contributed by atoms with E-state index in [0.29, 0.717) is 29.2 Å². The third kappa shape index (κ3) is 7.06. The van der Waals surface area contributed by atoms with Gasteiger partial charge >= 0.3 is 6.03 Å². The second-order valence-electron chi connectivity index (χ2n) is 9.25. The molecule has 1 aliphatic rings. The topological polar surface area (TPSA) is 87.0 Å². The maximum Gasteiger partial charge on any atom is 0.323 e. The number of likely N-dealkylation sites (tertiary alicyclic amines) is 1. The van der Waals surface area contributed by atoms with Crippen molar-refractivity contribution in [3.8, 4) is 5.75 Å². The van der Waals surface area contributed by atoms with Crippen molar-refractivity contribution in [3.63, 3.8) is 0 Å². The lowest BCUT2D eigenvalue weighted by molar-refractivity contribution is 0.0725. The molecule has 1 fully saturated rings. The maximum absolute atomic E-state index is 13.7. The Morgan fingerprint density at radius 1 is 1.00 bits per heavy atom. The van der Waals surface area contributed by atoms with E-state index in [-0.39, 0.29) is 5.91 Å². The Balaban J connectivity index is 1.60. The fourth-order valence-electron chi connectivity index (χ4n) is 4.55. The Morgan fingerprint density at radius 3 is 2.49 bits per heavy atom. The van der Waals surface area contributed by atoms with E-state index in [1.807, 2.05) is 41.3 Å². The van der Waals surface area contributed by atoms with Crippen molar-refractivity contribution in [2.24, 2.45) is 0 Å². The highest BCUT2D eigenvalue weighted by Gasteiger charge is 2.24. The van der Waals surface area contributed by atoms with Crippen molar-refractivity contribution < 1.29 is 18.7 Å². The van der Waals surface area contributed by atoms with Gasteiger partial charge in [-0.2, -0.15) is 0 Å². The Bertz CT molecular complexity index is 1170. The van der Waals surface area contributed by atoms with E-state index >= 15 is 0 Å². The van der Waals surface area contributed by atoms with Crippen LogP contribution in [0.4, 0.5) is 21.9 Å². The van der Waals surface area contributed by atoms with Gasteiger partial charge in [-0.3, -0.25) is 4.79 Å². The van der Waals surface area contributed by atoms with Gasteiger partial charge in [-0.1, -0.05) is 19.4 Å². The highest BCUT2D eigenvalue weighted by atomic mass is 16.5. The molecule has 1 aliphatic heterocycles. The molecule has 0 bridgehead atoms. The zero-order valence-electron chi connectivity index (χ0n) is 21.7. The molecule has 4 rings (SSSR count). The first-order valence-electron chi connectivity index (χ1n) is 13.0. The average Bonchev–Trinajstić information content (AvgIpc) is 3.44. The lowest BCUT2D eigenvalue weighted by Crippen LogP contribution is -2.37. The van der Waals surface area contributed by atoms with Crippen LogP contribution in [0.3, 0.4) is 0 Å². The first-order valence-corrected chi connectivity index (χ1v) is 13.0. The number of piperidine rings is 1. The maximum atomic E-state index is 13.7. The minimum atomic E-state index is -0.393. The molecule has 8 heteroatoms. The first kappa shape index (κ1) is 26.1. The zero-order chi connectivity index (χ0) is 26.0. The number of carbonyl (C=O) groups excluding carboxylic acids is 2. The van der Waals surface area contributed by atoms with E-state index in [4.69, 9.17) is 9.15 Å². The molecule has 0 spiro atoms. The molecule has 3 amide bonds. The Hall–Kier alpha value is -3.94. The molecule has 1 saturated heterocycles. The summed E-state index contributed by atoms with van der Waals surface area (Å²) in [4.78, 5) is 30.6. The monoisotopic (exact) mass is 504 g/mol. The van der Waals surface area contributed by atoms with Crippen LogP contribution in [0.15, 0.2) is 65.3 Å². The van der Waals surface area contributed by atoms with Gasteiger partial charge in [0, 0.05) is 37.1 Å². The van der Waals surface area contributed by atoms with Crippen LogP contribution in [0.25, 0.3) is 0 Å². The quantitative estimate of drug-likeness (QED) is 0.335. The van der Waals surface area contributed by atoms with Crippen molar-refractivity contribution in [2.75, 3.05) is 42.3 Å². The van der Waals surface area contributed by atoms with Gasteiger partial charge in [-0.15, -0.1) is 0 Å². The molecule has 1 aromatic heterocycles. The fraction of sp³-hybridized carbons (Fsp3) is 0.379. The van der Waals surface area contributed by atoms with Crippen LogP contribution >= 0.6 is 0 Å². The summed E-state index contributed by atoms with van der Waals surface area (Å²) >= 11 is 0. The summed E-state index contributed by atoms with van der Waals surface area (Å²) in [6, 6.07) is 16.1. The molecule has 0 aliphatic carbocycles. The number of hydrogen-bond acceptors (Lipinski definition) is 5. The molecule has 0 unspecified atom stereocenters. The Kier molecular flexibility index (Phi) is 9.08. The Morgan fingerprint density at radius 2 is 1.78 bits per heavy atom. The smallest absolute Gasteiger partial charge is 0.323 e. The second-order valence-corrected chi connectivity index (χ2v) is 9.25. The van der Waals surface area contributed by atoms with E-state index in [1.54, 1.807) is 31.6 Å². The highest BCUT2D eigenvalue weighted by molar-refractivity contribution is 6.04. The fourth-order valence-corrected chi connectivity index (χ4v) is 4.55. The van der Waals surface area contributed by atoms with Gasteiger partial charge in [0.15, 0.2) is 0 Å². The summed E-state index contributed by atoms with van der Waals surface area (Å²) in [7, 11) is 1.58. The molecule has 37 heavy (non-hydrogen) atoms. The zero-order valence-corrected chi connectivity index (χ0v) is 21.7. The first-order chi connectivity index (χ1) is 18.1. The lowest BCUT2D eigenvalue weighted by Gasteiger charge is -2.31. The molecule has 2 N–H and O–H groups in total. The van der Waals surface area contributed by atoms with Crippen LogP contribution in [0.1, 0.15) is 55.1 Å². The molecule has 3 aromatic rings. The largest absolute Gasteiger partial charge is 0.497 e. The molecule has 2 aromatic carbocycles. The molecule has 8 nitrogen and oxygen atoms in total. The minimum Gasteiger partial charge on any atom is -0.497 e. The normalized spacial score (nSPS) is 13.2. The van der Waals surface area contributed by atoms with Crippen molar-refractivity contribution in [1.82, 2.24) is 4.90 Å². The van der Waals surface area contributed by atoms with Gasteiger partial charge in [-0.05, 0) is 68.1 Å². The van der Waals surface area contributed by atoms with E-state index in [1.165, 1.54) is 0 Å². The number of amides is 3. The Labute approximate surface area is 218 Å². The number of rotatable bonds is 10. The predicted molar refractivity (Wildman–Crippen MR) is 146 cm³/mol. The number of carbonyl (C=O) groups is 2. The number of anilines is 3. The van der Waals surface area contributed by atoms with E-state index in [0.717, 1.165) is 63.2 Å². The van der Waals surface area contributed by atoms with E-state index in [2.05, 4.69) is 22.5 Å². The number of methoxy groups -OCH3 is 1. The standard InChI is InChI=1S/C29H36N4O4/c1-3-4-15-33(21-25-12-9-18-37-25)27-14-13-23(20-26(27)28(34)32-16-6-5-7-17-32)31-29(35)30-22-10-8-11-24(19-22)36-2/h8-14,18-20H,3-7,15-17,21H2,1-2H3,(H2,30,31,35). The molecular formula is C29H36N4O4. The van der Waals surface area contributed by atoms with Crippen LogP contribution in [0.5, 0.6) is 5.75 Å². The SMILES string of the molecule is CCCCN(Cc1ccco1)c1ccc(NC(=O)Nc2cccc(OC)c2)cc1C(=O)N1CCCCC1. The number of ether oxygens (including phenoxy) is 1. The van der Waals surface area contributed by atoms with Crippen LogP contribution in [0, 0.1) is 0 Å². The van der Waals surface area contributed by atoms with Crippen molar-refractivity contribution in [1.29, 1.82) is 0 Å². The third-order valence-electron chi connectivity index (χ3n) is 6.50. The summed E-state index contributed by atoms with van der Waals surface area (Å²) in [6.07, 6.45) is 6.85. The van der Waals surface area contributed by atoms with E-state index in [9.17, 15) is 9.59 Å². The third-order valence-corrected chi connectivity index (χ3v) is 6.50. The van der Waals surface area contributed by atoms with Crippen molar-refractivity contribution in [2.45, 2.75) is 45.6 Å². The second kappa shape index (κ2) is 12.9. The number of urea groups is 1. The van der Waals surface area contributed by atoms with Crippen LogP contribution < -0.4 is 20.3 Å². The molecule has 2 heterocycles. The summed E-state index contributed by atoms with van der Waals surface area (Å²) in [5, 5.41) is 5.71. The predicted octanol–water partition coefficient (Wildman–Crippen LogP) is 6.37. The van der Waals surface area contributed by atoms with Crippen molar-refractivity contribution in [3.05, 3.63) is 72.2 Å². The molecule has 0 atom stereocenters. The number of nitrogens with one attached hydrogen (secondary N) is 2. The number of unbranched alkanes of at least 4 members (excludes halogenated alkanes) is 1. The molecular weight excluding hydrogens is 468 g/mol. The van der Waals surface area contributed by atoms with E-state index < -0.39 is 6.03 Å². The average molecular weight is 505 g/mol. The summed E-state index contributed by atoms with van der Waals surface area (Å²) in [6.45, 7) is 5.01. The summed E-state index contributed by atoms with van der Waals surface area (Å²) in [5.41, 5.74) is 2.60. The van der Waals surface area contributed by atoms with Gasteiger partial charge in [0.25, 0.3) is 5.91 Å². The minimum absolute atomic E-state index is 0.00695. The van der Waals surface area contributed by atoms with Gasteiger partial charge in [0.05, 0.1) is 31.2 Å². The number of nitrogens with zero attached hydrogens (tertiary/aromatic N) is 2.